The topological polar surface area (TPSA) is 72.8 Å². The molecule has 6 heteroatoms. The number of carboxylic acids is 1. The largest absolute Gasteiger partial charge is 0.481 e. The van der Waals surface area contributed by atoms with E-state index < -0.39 is 16.8 Å². The van der Waals surface area contributed by atoms with Gasteiger partial charge in [0.25, 0.3) is 0 Å². The highest BCUT2D eigenvalue weighted by molar-refractivity contribution is 7.85. The molecule has 0 aromatic heterocycles. The van der Waals surface area contributed by atoms with E-state index in [0.29, 0.717) is 11.5 Å². The maximum absolute atomic E-state index is 11.9. The summed E-state index contributed by atoms with van der Waals surface area (Å²) in [5.41, 5.74) is 1.75. The number of benzene rings is 1. The zero-order valence-electron chi connectivity index (χ0n) is 10.1. The Morgan fingerprint density at radius 1 is 1.44 bits per heavy atom. The van der Waals surface area contributed by atoms with Crippen LogP contribution >= 0.6 is 0 Å². The summed E-state index contributed by atoms with van der Waals surface area (Å²) in [7, 11) is -1.45. The average molecular weight is 270 g/mol. The molecule has 2 unspecified atom stereocenters. The predicted molar refractivity (Wildman–Crippen MR) is 66.4 cm³/mol. The SMILES string of the molecule is Cc1cc2c(cc1C(C)S(=O)CC(=O)O)OCO2. The van der Waals surface area contributed by atoms with Crippen LogP contribution in [0, 0.1) is 6.92 Å². The van der Waals surface area contributed by atoms with Crippen LogP contribution in [0.1, 0.15) is 23.3 Å². The van der Waals surface area contributed by atoms with Crippen molar-refractivity contribution in [2.45, 2.75) is 19.1 Å². The van der Waals surface area contributed by atoms with Gasteiger partial charge < -0.3 is 14.6 Å². The Kier molecular flexibility index (Phi) is 3.56. The monoisotopic (exact) mass is 270 g/mol. The van der Waals surface area contributed by atoms with Crippen molar-refractivity contribution < 1.29 is 23.6 Å². The van der Waals surface area contributed by atoms with Gasteiger partial charge in [0.15, 0.2) is 11.5 Å². The molecule has 0 aliphatic carbocycles. The summed E-state index contributed by atoms with van der Waals surface area (Å²) in [6.45, 7) is 3.82. The van der Waals surface area contributed by atoms with Gasteiger partial charge >= 0.3 is 5.97 Å². The lowest BCUT2D eigenvalue weighted by Gasteiger charge is -2.14. The van der Waals surface area contributed by atoms with Crippen molar-refractivity contribution in [1.82, 2.24) is 0 Å². The van der Waals surface area contributed by atoms with E-state index >= 15 is 0 Å². The molecule has 0 saturated heterocycles. The molecule has 98 valence electrons. The first-order chi connectivity index (χ1) is 8.49. The van der Waals surface area contributed by atoms with Gasteiger partial charge in [0.1, 0.15) is 5.75 Å². The van der Waals surface area contributed by atoms with E-state index in [0.717, 1.165) is 11.1 Å². The van der Waals surface area contributed by atoms with Crippen LogP contribution in [0.2, 0.25) is 0 Å². The van der Waals surface area contributed by atoms with E-state index in [4.69, 9.17) is 14.6 Å². The van der Waals surface area contributed by atoms with Gasteiger partial charge in [0, 0.05) is 10.8 Å². The first kappa shape index (κ1) is 12.9. The normalized spacial score (nSPS) is 16.3. The third-order valence-corrected chi connectivity index (χ3v) is 4.43. The van der Waals surface area contributed by atoms with Crippen LogP contribution in [-0.2, 0) is 15.6 Å². The van der Waals surface area contributed by atoms with E-state index in [-0.39, 0.29) is 17.8 Å². The standard InChI is InChI=1S/C12H14O5S/c1-7-3-10-11(17-6-16-10)4-9(7)8(2)18(15)5-12(13)14/h3-4,8H,5-6H2,1-2H3,(H,13,14). The summed E-state index contributed by atoms with van der Waals surface area (Å²) in [5, 5.41) is 8.31. The van der Waals surface area contributed by atoms with Crippen LogP contribution in [0.3, 0.4) is 0 Å². The first-order valence-electron chi connectivity index (χ1n) is 5.48. The van der Waals surface area contributed by atoms with E-state index in [1.165, 1.54) is 0 Å². The number of hydrogen-bond acceptors (Lipinski definition) is 4. The summed E-state index contributed by atoms with van der Waals surface area (Å²) in [4.78, 5) is 10.6. The number of ether oxygens (including phenoxy) is 2. The van der Waals surface area contributed by atoms with Gasteiger partial charge in [0.05, 0.1) is 5.25 Å². The molecule has 1 aliphatic heterocycles. The molecule has 1 heterocycles. The molecule has 1 aliphatic rings. The third-order valence-electron chi connectivity index (χ3n) is 2.86. The highest BCUT2D eigenvalue weighted by Gasteiger charge is 2.22. The summed E-state index contributed by atoms with van der Waals surface area (Å²) in [6.07, 6.45) is 0. The van der Waals surface area contributed by atoms with Crippen LogP contribution in [0.25, 0.3) is 0 Å². The van der Waals surface area contributed by atoms with Gasteiger partial charge in [-0.3, -0.25) is 9.00 Å². The molecular formula is C12H14O5S. The molecule has 1 aromatic rings. The summed E-state index contributed by atoms with van der Waals surface area (Å²) in [5.74, 6) is -0.115. The van der Waals surface area contributed by atoms with Crippen LogP contribution in [0.15, 0.2) is 12.1 Å². The Hall–Kier alpha value is -1.56. The van der Waals surface area contributed by atoms with Gasteiger partial charge in [-0.15, -0.1) is 0 Å². The Balaban J connectivity index is 2.28. The lowest BCUT2D eigenvalue weighted by atomic mass is 10.1. The van der Waals surface area contributed by atoms with E-state index in [1.807, 2.05) is 13.0 Å². The van der Waals surface area contributed by atoms with Crippen molar-refractivity contribution in [3.63, 3.8) is 0 Å². The smallest absolute Gasteiger partial charge is 0.316 e. The first-order valence-corrected chi connectivity index (χ1v) is 6.86. The van der Waals surface area contributed by atoms with Gasteiger partial charge in [-0.25, -0.2) is 0 Å². The molecule has 0 bridgehead atoms. The number of aliphatic carboxylic acids is 1. The van der Waals surface area contributed by atoms with Gasteiger partial charge in [-0.1, -0.05) is 0 Å². The second kappa shape index (κ2) is 4.97. The summed E-state index contributed by atoms with van der Waals surface area (Å²) in [6, 6.07) is 3.61. The number of carboxylic acid groups (broad SMARTS) is 1. The Morgan fingerprint density at radius 3 is 2.67 bits per heavy atom. The zero-order valence-corrected chi connectivity index (χ0v) is 11.0. The highest BCUT2D eigenvalue weighted by atomic mass is 32.2. The molecule has 1 N–H and O–H groups in total. The average Bonchev–Trinajstić information content (AvgIpc) is 2.72. The van der Waals surface area contributed by atoms with Crippen molar-refractivity contribution in [2.75, 3.05) is 12.5 Å². The fraction of sp³-hybridized carbons (Fsp3) is 0.417. The van der Waals surface area contributed by atoms with E-state index in [9.17, 15) is 9.00 Å². The Morgan fingerprint density at radius 2 is 2.06 bits per heavy atom. The number of carbonyl (C=O) groups is 1. The number of rotatable bonds is 4. The molecule has 2 atom stereocenters. The van der Waals surface area contributed by atoms with Gasteiger partial charge in [0.2, 0.25) is 6.79 Å². The van der Waals surface area contributed by atoms with Crippen molar-refractivity contribution in [3.8, 4) is 11.5 Å². The molecule has 0 radical (unpaired) electrons. The Bertz CT molecular complexity index is 511. The third kappa shape index (κ3) is 2.48. The lowest BCUT2D eigenvalue weighted by molar-refractivity contribution is -0.133. The van der Waals surface area contributed by atoms with E-state index in [1.54, 1.807) is 13.0 Å². The fourth-order valence-corrected chi connectivity index (χ4v) is 2.92. The van der Waals surface area contributed by atoms with Gasteiger partial charge in [-0.2, -0.15) is 0 Å². The summed E-state index contributed by atoms with van der Waals surface area (Å²) >= 11 is 0. The maximum Gasteiger partial charge on any atom is 0.316 e. The van der Waals surface area contributed by atoms with Crippen molar-refractivity contribution >= 4 is 16.8 Å². The molecular weight excluding hydrogens is 256 g/mol. The zero-order chi connectivity index (χ0) is 13.3. The fourth-order valence-electron chi connectivity index (χ4n) is 1.89. The second-order valence-electron chi connectivity index (χ2n) is 4.12. The number of hydrogen-bond donors (Lipinski definition) is 1. The Labute approximate surface area is 107 Å². The van der Waals surface area contributed by atoms with Crippen molar-refractivity contribution in [3.05, 3.63) is 23.3 Å². The molecule has 2 rings (SSSR count). The quantitative estimate of drug-likeness (QED) is 0.900. The van der Waals surface area contributed by atoms with Crippen LogP contribution in [0.4, 0.5) is 0 Å². The minimum Gasteiger partial charge on any atom is -0.481 e. The molecule has 1 aromatic carbocycles. The lowest BCUT2D eigenvalue weighted by Crippen LogP contribution is -2.14. The minimum atomic E-state index is -1.45. The predicted octanol–water partition coefficient (Wildman–Crippen LogP) is 1.62. The number of aryl methyl sites for hydroxylation is 1. The molecule has 0 fully saturated rings. The highest BCUT2D eigenvalue weighted by Crippen LogP contribution is 2.37. The molecule has 0 amide bonds. The van der Waals surface area contributed by atoms with E-state index in [2.05, 4.69) is 0 Å². The second-order valence-corrected chi connectivity index (χ2v) is 5.88. The molecule has 18 heavy (non-hydrogen) atoms. The molecule has 0 spiro atoms. The maximum atomic E-state index is 11.9. The van der Waals surface area contributed by atoms with Gasteiger partial charge in [-0.05, 0) is 37.1 Å². The van der Waals surface area contributed by atoms with Crippen LogP contribution in [0.5, 0.6) is 11.5 Å². The van der Waals surface area contributed by atoms with Crippen LogP contribution < -0.4 is 9.47 Å². The molecule has 5 nitrogen and oxygen atoms in total. The summed E-state index contributed by atoms with van der Waals surface area (Å²) < 4.78 is 22.4. The van der Waals surface area contributed by atoms with Crippen molar-refractivity contribution in [2.24, 2.45) is 0 Å². The van der Waals surface area contributed by atoms with Crippen molar-refractivity contribution in [1.29, 1.82) is 0 Å². The molecule has 0 saturated carbocycles. The number of fused-ring (bicyclic) bond motifs is 1. The van der Waals surface area contributed by atoms with Crippen LogP contribution in [-0.4, -0.2) is 27.8 Å². The minimum absolute atomic E-state index is 0.185.